The molecule has 14 nitrogen and oxygen atoms in total. The average Bonchev–Trinajstić information content (AvgIpc) is 3.36. The molecule has 2 heterocycles. The lowest BCUT2D eigenvalue weighted by molar-refractivity contribution is -0.276. The fourth-order valence-electron chi connectivity index (χ4n) is 4.55. The lowest BCUT2D eigenvalue weighted by Gasteiger charge is -2.26. The second-order valence-electron chi connectivity index (χ2n) is 10.9. The summed E-state index contributed by atoms with van der Waals surface area (Å²) >= 11 is 0. The molecule has 1 saturated heterocycles. The van der Waals surface area contributed by atoms with Gasteiger partial charge in [0.05, 0.1) is 12.5 Å². The Balaban J connectivity index is 2.26. The highest BCUT2D eigenvalue weighted by atomic mass is 19.4. The molecule has 4 atom stereocenters. The number of hydrogen-bond acceptors (Lipinski definition) is 8. The van der Waals surface area contributed by atoms with E-state index in [9.17, 15) is 47.0 Å². The van der Waals surface area contributed by atoms with Crippen LogP contribution in [-0.2, 0) is 30.4 Å². The number of rotatable bonds is 17. The smallest absolute Gasteiger partial charge is 0.465 e. The third kappa shape index (κ3) is 13.0. The number of hydrogen-bond donors (Lipinski definition) is 6. The molecule has 17 heteroatoms. The summed E-state index contributed by atoms with van der Waals surface area (Å²) in [6, 6.07) is -0.952. The summed E-state index contributed by atoms with van der Waals surface area (Å²) in [4.78, 5) is 79.9. The van der Waals surface area contributed by atoms with Crippen LogP contribution in [-0.4, -0.2) is 83.2 Å². The zero-order chi connectivity index (χ0) is 33.7. The molecule has 1 aliphatic rings. The molecule has 1 fully saturated rings. The summed E-state index contributed by atoms with van der Waals surface area (Å²) in [6.45, 7) is 6.00. The van der Waals surface area contributed by atoms with Crippen molar-refractivity contribution in [3.63, 3.8) is 0 Å². The topological polar surface area (TPSA) is 205 Å². The van der Waals surface area contributed by atoms with Gasteiger partial charge >= 0.3 is 12.5 Å². The first-order valence-electron chi connectivity index (χ1n) is 14.5. The van der Waals surface area contributed by atoms with Gasteiger partial charge in [0.1, 0.15) is 18.0 Å². The van der Waals surface area contributed by atoms with Crippen LogP contribution >= 0.6 is 0 Å². The maximum Gasteiger partial charge on any atom is 0.574 e. The zero-order valence-corrected chi connectivity index (χ0v) is 25.2. The first-order valence-corrected chi connectivity index (χ1v) is 14.5. The molecule has 1 aromatic heterocycles. The number of Topliss-reactive ketones (excluding diaryl/α,β-unsaturated/α-hetero) is 1. The highest BCUT2D eigenvalue weighted by molar-refractivity contribution is 6.07. The van der Waals surface area contributed by atoms with Crippen LogP contribution in [0.5, 0.6) is 5.88 Å². The van der Waals surface area contributed by atoms with Crippen LogP contribution in [0, 0.1) is 11.8 Å². The van der Waals surface area contributed by atoms with E-state index in [1.54, 1.807) is 13.8 Å². The number of carbonyl (C=O) groups excluding carboxylic acids is 5. The van der Waals surface area contributed by atoms with E-state index in [0.717, 1.165) is 12.5 Å². The van der Waals surface area contributed by atoms with Crippen LogP contribution in [0.25, 0.3) is 0 Å². The van der Waals surface area contributed by atoms with Crippen molar-refractivity contribution in [2.24, 2.45) is 11.8 Å². The van der Waals surface area contributed by atoms with Gasteiger partial charge in [-0.05, 0) is 31.2 Å². The number of pyridine rings is 1. The Labute approximate surface area is 257 Å². The Hall–Kier alpha value is -4.44. The molecule has 2 rings (SSSR count). The highest BCUT2D eigenvalue weighted by Gasteiger charge is 2.38. The van der Waals surface area contributed by atoms with E-state index in [1.807, 2.05) is 12.2 Å². The van der Waals surface area contributed by atoms with Gasteiger partial charge in [0.15, 0.2) is 5.78 Å². The van der Waals surface area contributed by atoms with E-state index >= 15 is 0 Å². The quantitative estimate of drug-likeness (QED) is 0.106. The van der Waals surface area contributed by atoms with Crippen molar-refractivity contribution in [3.05, 3.63) is 23.9 Å². The molecule has 0 radical (unpaired) electrons. The summed E-state index contributed by atoms with van der Waals surface area (Å²) in [5, 5.41) is 21.4. The van der Waals surface area contributed by atoms with Crippen molar-refractivity contribution in [2.75, 3.05) is 13.1 Å². The van der Waals surface area contributed by atoms with Gasteiger partial charge in [0.25, 0.3) is 0 Å². The van der Waals surface area contributed by atoms with Crippen LogP contribution in [0.4, 0.5) is 18.0 Å². The van der Waals surface area contributed by atoms with E-state index < -0.39 is 84.6 Å². The fourth-order valence-corrected chi connectivity index (χ4v) is 4.55. The molecule has 0 bridgehead atoms. The van der Waals surface area contributed by atoms with Crippen molar-refractivity contribution >= 4 is 35.5 Å². The lowest BCUT2D eigenvalue weighted by Crippen LogP contribution is -2.57. The molecular formula is C28H39F3N6O8. The maximum atomic E-state index is 13.5. The van der Waals surface area contributed by atoms with Crippen LogP contribution in [0.2, 0.25) is 0 Å². The number of nitrogens with zero attached hydrogens (tertiary/aromatic N) is 1. The van der Waals surface area contributed by atoms with Gasteiger partial charge in [0.2, 0.25) is 29.5 Å². The number of ether oxygens (including phenoxy) is 1. The molecule has 6 N–H and O–H groups in total. The van der Waals surface area contributed by atoms with Crippen molar-refractivity contribution in [3.8, 4) is 5.88 Å². The predicted molar refractivity (Wildman–Crippen MR) is 152 cm³/mol. The Kier molecular flexibility index (Phi) is 14.0. The number of nitrogens with one attached hydrogen (secondary N) is 5. The van der Waals surface area contributed by atoms with Crippen LogP contribution in [0.3, 0.4) is 0 Å². The number of halogens is 3. The van der Waals surface area contributed by atoms with Gasteiger partial charge in [-0.3, -0.25) is 24.0 Å². The number of amides is 5. The normalized spacial score (nSPS) is 16.6. The lowest BCUT2D eigenvalue weighted by atomic mass is 9.93. The fraction of sp³-hybridized carbons (Fsp3) is 0.607. The average molecular weight is 645 g/mol. The van der Waals surface area contributed by atoms with E-state index in [0.29, 0.717) is 13.0 Å². The molecule has 1 aromatic rings. The summed E-state index contributed by atoms with van der Waals surface area (Å²) in [5.41, 5.74) is -0.120. The van der Waals surface area contributed by atoms with Gasteiger partial charge in [-0.1, -0.05) is 33.3 Å². The van der Waals surface area contributed by atoms with Gasteiger partial charge in [0, 0.05) is 31.3 Å². The molecule has 0 aliphatic carbocycles. The molecule has 0 aromatic carbocycles. The standard InChI is InChI=1S/C28H39F3N6O8/c1-4-5-10-32-21(38)14-18(23(39)17-9-11-33-24(17)40)35-25(41)19(12-15(2)3)36-26(42)20(37-27(43)44)13-16-7-6-8-22(34-16)45-28(29,30)31/h6-8,15,17-20,37H,4-5,9-14H2,1-3H3,(H,32,38)(H,33,40)(H,35,41)(H,36,42)(H,43,44)/t17-,18-,19-,20-/m0/s1. The Morgan fingerprint density at radius 1 is 1.07 bits per heavy atom. The summed E-state index contributed by atoms with van der Waals surface area (Å²) < 4.78 is 41.7. The number of carboxylic acid groups (broad SMARTS) is 1. The minimum Gasteiger partial charge on any atom is -0.465 e. The predicted octanol–water partition coefficient (Wildman–Crippen LogP) is 1.19. The van der Waals surface area contributed by atoms with E-state index in [4.69, 9.17) is 0 Å². The third-order valence-electron chi connectivity index (χ3n) is 6.66. The Morgan fingerprint density at radius 3 is 2.31 bits per heavy atom. The van der Waals surface area contributed by atoms with Crippen LogP contribution in [0.1, 0.15) is 58.6 Å². The van der Waals surface area contributed by atoms with E-state index in [1.165, 1.54) is 12.1 Å². The summed E-state index contributed by atoms with van der Waals surface area (Å²) in [6.07, 6.45) is -5.92. The minimum atomic E-state index is -5.03. The third-order valence-corrected chi connectivity index (χ3v) is 6.66. The SMILES string of the molecule is CCCCNC(=O)C[C@H](NC(=O)[C@H](CC(C)C)NC(=O)[C@H](Cc1cccc(OC(F)(F)F)n1)NC(=O)O)C(=O)[C@@H]1CCNC1=O. The molecule has 0 spiro atoms. The van der Waals surface area contributed by atoms with E-state index in [2.05, 4.69) is 31.0 Å². The summed E-state index contributed by atoms with van der Waals surface area (Å²) in [7, 11) is 0. The number of aromatic nitrogens is 1. The van der Waals surface area contributed by atoms with Crippen molar-refractivity contribution in [1.29, 1.82) is 0 Å². The molecule has 0 unspecified atom stereocenters. The molecule has 1 aliphatic heterocycles. The monoisotopic (exact) mass is 644 g/mol. The molecule has 5 amide bonds. The first-order chi connectivity index (χ1) is 21.1. The van der Waals surface area contributed by atoms with Crippen LogP contribution in [0.15, 0.2) is 18.2 Å². The minimum absolute atomic E-state index is 0.0258. The Bertz CT molecular complexity index is 1230. The second kappa shape index (κ2) is 17.2. The van der Waals surface area contributed by atoms with Gasteiger partial charge in [-0.15, -0.1) is 13.2 Å². The molecular weight excluding hydrogens is 605 g/mol. The molecule has 0 saturated carbocycles. The number of unbranched alkanes of at least 4 members (excludes halogenated alkanes) is 1. The zero-order valence-electron chi connectivity index (χ0n) is 25.2. The molecule has 250 valence electrons. The van der Waals surface area contributed by atoms with Gasteiger partial charge in [-0.2, -0.15) is 0 Å². The van der Waals surface area contributed by atoms with E-state index in [-0.39, 0.29) is 31.0 Å². The second-order valence-corrected chi connectivity index (χ2v) is 10.9. The van der Waals surface area contributed by atoms with Crippen LogP contribution < -0.4 is 31.3 Å². The molecule has 45 heavy (non-hydrogen) atoms. The van der Waals surface area contributed by atoms with Gasteiger partial charge < -0.3 is 36.4 Å². The number of ketones is 1. The highest BCUT2D eigenvalue weighted by Crippen LogP contribution is 2.21. The van der Waals surface area contributed by atoms with Gasteiger partial charge in [-0.25, -0.2) is 9.78 Å². The van der Waals surface area contributed by atoms with Crippen molar-refractivity contribution in [1.82, 2.24) is 31.6 Å². The summed E-state index contributed by atoms with van der Waals surface area (Å²) in [5.74, 6) is -5.69. The largest absolute Gasteiger partial charge is 0.574 e. The first kappa shape index (κ1) is 36.8. The number of alkyl halides is 3. The maximum absolute atomic E-state index is 13.5. The van der Waals surface area contributed by atoms with Crippen molar-refractivity contribution < 1.29 is 51.8 Å². The number of carbonyl (C=O) groups is 6. The Morgan fingerprint density at radius 2 is 1.73 bits per heavy atom. The van der Waals surface area contributed by atoms with Crippen molar-refractivity contribution in [2.45, 2.75) is 83.8 Å².